The van der Waals surface area contributed by atoms with Crippen LogP contribution in [0.3, 0.4) is 0 Å². The average Bonchev–Trinajstić information content (AvgIpc) is 2.66. The molecule has 2 aromatic carbocycles. The Kier molecular flexibility index (Phi) is 8.06. The van der Waals surface area contributed by atoms with Crippen LogP contribution in [0.15, 0.2) is 42.5 Å². The first kappa shape index (κ1) is 22.0. The van der Waals surface area contributed by atoms with Crippen molar-refractivity contribution in [2.24, 2.45) is 0 Å². The van der Waals surface area contributed by atoms with Crippen molar-refractivity contribution < 1.29 is 9.59 Å². The summed E-state index contributed by atoms with van der Waals surface area (Å²) < 4.78 is 0. The van der Waals surface area contributed by atoms with E-state index < -0.39 is 6.04 Å². The highest BCUT2D eigenvalue weighted by Gasteiger charge is 2.26. The van der Waals surface area contributed by atoms with Crippen molar-refractivity contribution in [3.05, 3.63) is 69.7 Å². The SMILES string of the molecule is CCCNC(=O)[C@@H](C)N(Cc1cccc(Cl)c1)C(=O)Cc1ccc(C)c(C)c1. The van der Waals surface area contributed by atoms with Crippen molar-refractivity contribution in [2.45, 2.75) is 53.1 Å². The molecule has 0 aromatic heterocycles. The molecule has 0 saturated carbocycles. The number of halogens is 1. The van der Waals surface area contributed by atoms with Gasteiger partial charge in [-0.15, -0.1) is 0 Å². The van der Waals surface area contributed by atoms with E-state index in [1.54, 1.807) is 17.9 Å². The fraction of sp³-hybridized carbons (Fsp3) is 0.391. The number of carbonyl (C=O) groups is 2. The number of benzene rings is 2. The van der Waals surface area contributed by atoms with Crippen molar-refractivity contribution in [1.29, 1.82) is 0 Å². The molecular weight excluding hydrogens is 372 g/mol. The molecule has 0 aliphatic carbocycles. The lowest BCUT2D eigenvalue weighted by Crippen LogP contribution is -2.48. The maximum Gasteiger partial charge on any atom is 0.242 e. The molecule has 0 saturated heterocycles. The number of nitrogens with one attached hydrogen (secondary N) is 1. The highest BCUT2D eigenvalue weighted by Crippen LogP contribution is 2.17. The van der Waals surface area contributed by atoms with Crippen LogP contribution in [-0.2, 0) is 22.6 Å². The molecular formula is C23H29ClN2O2. The Hall–Kier alpha value is -2.33. The van der Waals surface area contributed by atoms with E-state index in [2.05, 4.69) is 5.32 Å². The number of carbonyl (C=O) groups excluding carboxylic acids is 2. The maximum atomic E-state index is 13.1. The Labute approximate surface area is 172 Å². The molecule has 5 heteroatoms. The molecule has 0 unspecified atom stereocenters. The van der Waals surface area contributed by atoms with E-state index >= 15 is 0 Å². The third-order valence-corrected chi connectivity index (χ3v) is 5.12. The van der Waals surface area contributed by atoms with Crippen molar-refractivity contribution in [1.82, 2.24) is 10.2 Å². The number of hydrogen-bond acceptors (Lipinski definition) is 2. The van der Waals surface area contributed by atoms with Crippen LogP contribution >= 0.6 is 11.6 Å². The third kappa shape index (κ3) is 6.10. The minimum Gasteiger partial charge on any atom is -0.354 e. The molecule has 0 aliphatic heterocycles. The Bertz CT molecular complexity index is 835. The van der Waals surface area contributed by atoms with Crippen molar-refractivity contribution >= 4 is 23.4 Å². The lowest BCUT2D eigenvalue weighted by atomic mass is 10.0. The number of amides is 2. The third-order valence-electron chi connectivity index (χ3n) is 4.89. The standard InChI is InChI=1S/C23H29ClN2O2/c1-5-11-25-23(28)18(4)26(15-20-7-6-8-21(24)13-20)22(27)14-19-10-9-16(2)17(3)12-19/h6-10,12-13,18H,5,11,14-15H2,1-4H3,(H,25,28)/t18-/m1/s1. The molecule has 1 N–H and O–H groups in total. The van der Waals surface area contributed by atoms with Crippen LogP contribution in [0.2, 0.25) is 5.02 Å². The van der Waals surface area contributed by atoms with Crippen LogP contribution < -0.4 is 5.32 Å². The molecule has 0 heterocycles. The van der Waals surface area contributed by atoms with Crippen LogP contribution in [0.1, 0.15) is 42.5 Å². The predicted molar refractivity (Wildman–Crippen MR) is 114 cm³/mol. The number of nitrogens with zero attached hydrogens (tertiary/aromatic N) is 1. The first-order valence-corrected chi connectivity index (χ1v) is 10.1. The maximum absolute atomic E-state index is 13.1. The molecule has 28 heavy (non-hydrogen) atoms. The van der Waals surface area contributed by atoms with Gasteiger partial charge in [0.2, 0.25) is 11.8 Å². The van der Waals surface area contributed by atoms with Gasteiger partial charge in [0, 0.05) is 18.1 Å². The Morgan fingerprint density at radius 2 is 1.82 bits per heavy atom. The zero-order valence-corrected chi connectivity index (χ0v) is 17.8. The molecule has 2 amide bonds. The molecule has 0 radical (unpaired) electrons. The summed E-state index contributed by atoms with van der Waals surface area (Å²) >= 11 is 6.10. The molecule has 4 nitrogen and oxygen atoms in total. The smallest absolute Gasteiger partial charge is 0.242 e. The van der Waals surface area contributed by atoms with Gasteiger partial charge < -0.3 is 10.2 Å². The molecule has 0 spiro atoms. The van der Waals surface area contributed by atoms with E-state index in [4.69, 9.17) is 11.6 Å². The van der Waals surface area contributed by atoms with Gasteiger partial charge in [-0.2, -0.15) is 0 Å². The topological polar surface area (TPSA) is 49.4 Å². The van der Waals surface area contributed by atoms with Crippen molar-refractivity contribution in [2.75, 3.05) is 6.54 Å². The van der Waals surface area contributed by atoms with Gasteiger partial charge in [-0.3, -0.25) is 9.59 Å². The van der Waals surface area contributed by atoms with Crippen LogP contribution in [0.4, 0.5) is 0 Å². The van der Waals surface area contributed by atoms with Gasteiger partial charge in [0.1, 0.15) is 6.04 Å². The fourth-order valence-corrected chi connectivity index (χ4v) is 3.21. The van der Waals surface area contributed by atoms with Gasteiger partial charge in [-0.25, -0.2) is 0 Å². The minimum atomic E-state index is -0.565. The predicted octanol–water partition coefficient (Wildman–Crippen LogP) is 4.44. The summed E-state index contributed by atoms with van der Waals surface area (Å²) in [5.74, 6) is -0.223. The highest BCUT2D eigenvalue weighted by molar-refractivity contribution is 6.30. The summed E-state index contributed by atoms with van der Waals surface area (Å²) in [6.07, 6.45) is 1.11. The lowest BCUT2D eigenvalue weighted by molar-refractivity contribution is -0.140. The summed E-state index contributed by atoms with van der Waals surface area (Å²) in [7, 11) is 0. The average molecular weight is 401 g/mol. The van der Waals surface area contributed by atoms with E-state index in [1.165, 1.54) is 5.56 Å². The molecule has 2 rings (SSSR count). The van der Waals surface area contributed by atoms with Gasteiger partial charge in [0.25, 0.3) is 0 Å². The van der Waals surface area contributed by atoms with Crippen LogP contribution in [0.25, 0.3) is 0 Å². The second-order valence-electron chi connectivity index (χ2n) is 7.21. The largest absolute Gasteiger partial charge is 0.354 e. The fourth-order valence-electron chi connectivity index (χ4n) is 3.00. The van der Waals surface area contributed by atoms with Crippen LogP contribution in [0.5, 0.6) is 0 Å². The minimum absolute atomic E-state index is 0.0811. The quantitative estimate of drug-likeness (QED) is 0.711. The van der Waals surface area contributed by atoms with E-state index in [0.29, 0.717) is 18.1 Å². The monoisotopic (exact) mass is 400 g/mol. The summed E-state index contributed by atoms with van der Waals surface area (Å²) in [5.41, 5.74) is 4.20. The molecule has 0 bridgehead atoms. The normalized spacial score (nSPS) is 11.8. The van der Waals surface area contributed by atoms with Gasteiger partial charge in [0.15, 0.2) is 0 Å². The Morgan fingerprint density at radius 1 is 1.07 bits per heavy atom. The first-order valence-electron chi connectivity index (χ1n) is 9.69. The van der Waals surface area contributed by atoms with E-state index in [-0.39, 0.29) is 18.2 Å². The van der Waals surface area contributed by atoms with Gasteiger partial charge in [-0.05, 0) is 61.6 Å². The van der Waals surface area contributed by atoms with E-state index in [0.717, 1.165) is 23.1 Å². The zero-order valence-electron chi connectivity index (χ0n) is 17.1. The van der Waals surface area contributed by atoms with E-state index in [9.17, 15) is 9.59 Å². The van der Waals surface area contributed by atoms with Crippen molar-refractivity contribution in [3.8, 4) is 0 Å². The molecule has 1 atom stereocenters. The summed E-state index contributed by atoms with van der Waals surface area (Å²) in [6, 6.07) is 12.9. The number of aryl methyl sites for hydroxylation is 2. The highest BCUT2D eigenvalue weighted by atomic mass is 35.5. The summed E-state index contributed by atoms with van der Waals surface area (Å²) in [5, 5.41) is 3.50. The molecule has 150 valence electrons. The second kappa shape index (κ2) is 10.3. The Balaban J connectivity index is 2.23. The van der Waals surface area contributed by atoms with Crippen LogP contribution in [0, 0.1) is 13.8 Å². The summed E-state index contributed by atoms with van der Waals surface area (Å²) in [6.45, 7) is 8.79. The number of rotatable bonds is 8. The van der Waals surface area contributed by atoms with Crippen molar-refractivity contribution in [3.63, 3.8) is 0 Å². The Morgan fingerprint density at radius 3 is 2.46 bits per heavy atom. The molecule has 0 fully saturated rings. The molecule has 0 aliphatic rings. The van der Waals surface area contributed by atoms with Gasteiger partial charge in [-0.1, -0.05) is 48.9 Å². The van der Waals surface area contributed by atoms with Gasteiger partial charge >= 0.3 is 0 Å². The lowest BCUT2D eigenvalue weighted by Gasteiger charge is -2.29. The van der Waals surface area contributed by atoms with Gasteiger partial charge in [0.05, 0.1) is 6.42 Å². The zero-order chi connectivity index (χ0) is 20.7. The summed E-state index contributed by atoms with van der Waals surface area (Å²) in [4.78, 5) is 27.3. The van der Waals surface area contributed by atoms with Crippen LogP contribution in [-0.4, -0.2) is 29.3 Å². The van der Waals surface area contributed by atoms with E-state index in [1.807, 2.05) is 57.2 Å². The molecule has 2 aromatic rings. The first-order chi connectivity index (χ1) is 13.3. The second-order valence-corrected chi connectivity index (χ2v) is 7.65. The number of hydrogen-bond donors (Lipinski definition) is 1.